The second-order valence-corrected chi connectivity index (χ2v) is 20.0. The summed E-state index contributed by atoms with van der Waals surface area (Å²) in [5.74, 6) is -0.935. The Labute approximate surface area is 397 Å². The smallest absolute Gasteiger partial charge is 0.434 e. The number of carbonyl (C=O) groups excluding carboxylic acids is 2. The normalized spacial score (nSPS) is 19.1. The number of halogens is 2. The first kappa shape index (κ1) is 49.2. The molecule has 5 heterocycles. The lowest BCUT2D eigenvalue weighted by molar-refractivity contribution is -0.119. The van der Waals surface area contributed by atoms with Crippen molar-refractivity contribution in [2.75, 3.05) is 49.1 Å². The predicted octanol–water partition coefficient (Wildman–Crippen LogP) is 5.64. The molecule has 1 amide bonds. The lowest BCUT2D eigenvalue weighted by Gasteiger charge is -2.27. The minimum Gasteiger partial charge on any atom is -0.485 e. The number of fused-ring (bicyclic) bond motifs is 2. The molecule has 0 spiro atoms. The fourth-order valence-corrected chi connectivity index (χ4v) is 9.76. The summed E-state index contributed by atoms with van der Waals surface area (Å²) in [6.07, 6.45) is 4.79. The van der Waals surface area contributed by atoms with E-state index in [9.17, 15) is 24.0 Å². The molecule has 20 heteroatoms. The molecule has 9 rings (SSSR count). The van der Waals surface area contributed by atoms with Gasteiger partial charge in [0.2, 0.25) is 0 Å². The number of hydrogen-bond donors (Lipinski definition) is 4. The quantitative estimate of drug-likeness (QED) is 0.105. The first-order valence-corrected chi connectivity index (χ1v) is 23.8. The van der Waals surface area contributed by atoms with Crippen molar-refractivity contribution in [3.63, 3.8) is 0 Å². The number of ketones is 1. The predicted molar refractivity (Wildman–Crippen MR) is 256 cm³/mol. The van der Waals surface area contributed by atoms with Crippen LogP contribution in [0, 0.1) is 37.3 Å². The molecule has 2 saturated carbocycles. The van der Waals surface area contributed by atoms with E-state index >= 15 is 8.78 Å². The minimum absolute atomic E-state index is 0.0376. The van der Waals surface area contributed by atoms with E-state index in [0.717, 1.165) is 45.1 Å². The van der Waals surface area contributed by atoms with Gasteiger partial charge in [0.25, 0.3) is 17.0 Å². The van der Waals surface area contributed by atoms with Crippen molar-refractivity contribution in [2.24, 2.45) is 23.3 Å². The molecule has 5 aromatic rings. The van der Waals surface area contributed by atoms with Crippen LogP contribution >= 0.6 is 0 Å². The molecule has 0 radical (unpaired) electrons. The van der Waals surface area contributed by atoms with Gasteiger partial charge in [-0.05, 0) is 122 Å². The van der Waals surface area contributed by atoms with Crippen molar-refractivity contribution in [2.45, 2.75) is 123 Å². The zero-order valence-corrected chi connectivity index (χ0v) is 40.3. The van der Waals surface area contributed by atoms with Gasteiger partial charge in [0, 0.05) is 73.3 Å². The van der Waals surface area contributed by atoms with Gasteiger partial charge in [-0.25, -0.2) is 23.5 Å². The third kappa shape index (κ3) is 10.7. The van der Waals surface area contributed by atoms with E-state index < -0.39 is 23.3 Å². The second-order valence-electron chi connectivity index (χ2n) is 20.0. The summed E-state index contributed by atoms with van der Waals surface area (Å²) in [4.78, 5) is 65.2. The fourth-order valence-electron chi connectivity index (χ4n) is 9.76. The third-order valence-corrected chi connectivity index (χ3v) is 13.5. The van der Waals surface area contributed by atoms with Crippen molar-refractivity contribution in [1.82, 2.24) is 24.6 Å². The number of alkyl carbamates (subject to hydrolysis) is 1. The number of nitrogens with zero attached hydrogens (tertiary/aromatic N) is 5. The number of Topliss-reactive ketones (excluding diaryl/α,β-unsaturated/α-hetero) is 1. The van der Waals surface area contributed by atoms with Crippen molar-refractivity contribution in [1.29, 1.82) is 0 Å². The maximum absolute atomic E-state index is 15.7. The number of carbonyl (C=O) groups is 2. The van der Waals surface area contributed by atoms with E-state index in [1.165, 1.54) is 24.3 Å². The van der Waals surface area contributed by atoms with Crippen LogP contribution in [0.2, 0.25) is 0 Å². The topological polar surface area (TPSA) is 235 Å². The summed E-state index contributed by atoms with van der Waals surface area (Å²) < 4.78 is 56.3. The molecule has 0 unspecified atom stereocenters. The number of ether oxygens (including phenoxy) is 3. The van der Waals surface area contributed by atoms with Crippen LogP contribution in [0.5, 0.6) is 11.5 Å². The van der Waals surface area contributed by atoms with Crippen LogP contribution in [0.4, 0.5) is 25.0 Å². The summed E-state index contributed by atoms with van der Waals surface area (Å²) in [5, 5.41) is 9.75. The molecule has 2 aliphatic carbocycles. The Morgan fingerprint density at radius 2 is 1.33 bits per heavy atom. The number of nitrogens with two attached hydrogens (primary N) is 2. The highest BCUT2D eigenvalue weighted by Crippen LogP contribution is 2.44. The minimum atomic E-state index is -0.695. The van der Waals surface area contributed by atoms with E-state index in [1.807, 2.05) is 58.3 Å². The molecular formula is C49H63F2N9O9. The Morgan fingerprint density at radius 1 is 0.826 bits per heavy atom. The van der Waals surface area contributed by atoms with E-state index in [0.29, 0.717) is 69.9 Å². The van der Waals surface area contributed by atoms with Gasteiger partial charge in [0.05, 0.1) is 29.0 Å². The Balaban J connectivity index is 0.000000188. The monoisotopic (exact) mass is 959 g/mol. The highest BCUT2D eigenvalue weighted by molar-refractivity contribution is 5.94. The number of hydrogen-bond acceptors (Lipinski definition) is 14. The number of pyridine rings is 2. The van der Waals surface area contributed by atoms with Crippen molar-refractivity contribution >= 4 is 45.1 Å². The number of rotatable bonds is 14. The maximum Gasteiger partial charge on any atom is 0.434 e. The number of amides is 1. The van der Waals surface area contributed by atoms with Crippen LogP contribution in [0.25, 0.3) is 21.8 Å². The fraction of sp³-hybridized carbons (Fsp3) is 0.551. The largest absolute Gasteiger partial charge is 0.485 e. The van der Waals surface area contributed by atoms with E-state index in [2.05, 4.69) is 15.5 Å². The lowest BCUT2D eigenvalue weighted by atomic mass is 10.0. The number of nitrogens with one attached hydrogen (secondary N) is 2. The summed E-state index contributed by atoms with van der Waals surface area (Å²) in [7, 11) is 0. The molecule has 4 aliphatic rings. The van der Waals surface area contributed by atoms with Crippen LogP contribution < -0.4 is 52.9 Å². The Morgan fingerprint density at radius 3 is 1.78 bits per heavy atom. The number of H-pyrrole nitrogens is 1. The summed E-state index contributed by atoms with van der Waals surface area (Å²) in [6, 6.07) is 5.58. The van der Waals surface area contributed by atoms with Crippen LogP contribution in [0.3, 0.4) is 0 Å². The van der Waals surface area contributed by atoms with Gasteiger partial charge in [0.15, 0.2) is 12.4 Å². The molecule has 2 aromatic carbocycles. The van der Waals surface area contributed by atoms with Gasteiger partial charge >= 0.3 is 11.8 Å². The zero-order valence-electron chi connectivity index (χ0n) is 40.3. The highest BCUT2D eigenvalue weighted by Gasteiger charge is 2.35. The standard InChI is InChI=1S/C27H37FN4O5.C22H26FN5O4/c1-15-24-20(22(36-14-19(33)12-29)11-23(34)32(24)18-6-7-18)10-21(28)25(15)31-9-8-17(13-31)16(2)30-26(35)37-27(3,4)5;1-11-20-15(7-16(23)21(11)27-6-5-13(9-27)12(2)24)17(8-19(29)28(20)14-3-4-14)31-10-18-25-26-22(30)32-18/h10-11,16-18H,6-9,12-14,29H2,1-5H3,(H,30,35);7-8,12-14H,3-6,9-10,24H2,1-2H3,(H,26,30)/t16-,17+;12-,13+/m00/s1. The van der Waals surface area contributed by atoms with Gasteiger partial charge < -0.3 is 54.3 Å². The highest BCUT2D eigenvalue weighted by atomic mass is 19.1. The third-order valence-electron chi connectivity index (χ3n) is 13.5. The number of benzene rings is 2. The Hall–Kier alpha value is -6.28. The molecule has 2 saturated heterocycles. The average molecular weight is 960 g/mol. The summed E-state index contributed by atoms with van der Waals surface area (Å²) >= 11 is 0. The van der Waals surface area contributed by atoms with E-state index in [4.69, 9.17) is 30.1 Å². The van der Waals surface area contributed by atoms with Gasteiger partial charge in [0.1, 0.15) is 35.3 Å². The van der Waals surface area contributed by atoms with Crippen molar-refractivity contribution in [3.05, 3.63) is 84.2 Å². The van der Waals surface area contributed by atoms with Gasteiger partial charge in [-0.2, -0.15) is 0 Å². The molecule has 6 N–H and O–H groups in total. The summed E-state index contributed by atoms with van der Waals surface area (Å²) in [5.41, 5.74) is 14.1. The van der Waals surface area contributed by atoms with Crippen molar-refractivity contribution in [3.8, 4) is 11.5 Å². The first-order chi connectivity index (χ1) is 32.7. The number of aromatic amines is 1. The number of anilines is 2. The van der Waals surface area contributed by atoms with Gasteiger partial charge in [-0.1, -0.05) is 0 Å². The van der Waals surface area contributed by atoms with E-state index in [1.54, 1.807) is 9.13 Å². The van der Waals surface area contributed by atoms with Crippen molar-refractivity contribution < 1.29 is 37.0 Å². The average Bonchev–Trinajstić information content (AvgIpc) is 4.15. The Kier molecular flexibility index (Phi) is 14.0. The van der Waals surface area contributed by atoms with Gasteiger partial charge in [-0.3, -0.25) is 14.4 Å². The summed E-state index contributed by atoms with van der Waals surface area (Å²) in [6.45, 7) is 15.0. The van der Waals surface area contributed by atoms with Crippen LogP contribution in [0.1, 0.15) is 102 Å². The maximum atomic E-state index is 15.7. The molecule has 18 nitrogen and oxygen atoms in total. The van der Waals surface area contributed by atoms with E-state index in [-0.39, 0.29) is 90.0 Å². The number of aromatic nitrogens is 4. The molecule has 2 aliphatic heterocycles. The van der Waals surface area contributed by atoms with Gasteiger partial charge in [-0.15, -0.1) is 5.10 Å². The van der Waals surface area contributed by atoms with Crippen LogP contribution in [-0.4, -0.2) is 88.2 Å². The Bertz CT molecular complexity index is 2950. The second kappa shape index (κ2) is 19.6. The van der Waals surface area contributed by atoms with Crippen LogP contribution in [-0.2, 0) is 16.1 Å². The molecule has 372 valence electrons. The molecule has 69 heavy (non-hydrogen) atoms. The lowest BCUT2D eigenvalue weighted by Crippen LogP contribution is -2.42. The first-order valence-electron chi connectivity index (χ1n) is 23.8. The number of aryl methyl sites for hydroxylation is 2. The van der Waals surface area contributed by atoms with Crippen LogP contribution in [0.15, 0.2) is 43.1 Å². The SMILES string of the molecule is Cc1c(N2CC[C@@H]([C@H](C)N)C2)c(F)cc2c(OCc3n[nH]c(=O)o3)cc(=O)n(C3CC3)c12.Cc1c(N2CC[C@@H]([C@H](C)NC(=O)OC(C)(C)C)C2)c(F)cc2c(OCC(=O)CN)cc(=O)n(C3CC3)c12. The molecular weight excluding hydrogens is 897 g/mol. The molecule has 0 bridgehead atoms. The zero-order chi connectivity index (χ0) is 49.6. The molecule has 4 atom stereocenters. The molecule has 3 aromatic heterocycles. The molecule has 4 fully saturated rings.